The Morgan fingerprint density at radius 3 is 0.891 bits per heavy atom. The Labute approximate surface area is 376 Å². The number of benzene rings is 9. The summed E-state index contributed by atoms with van der Waals surface area (Å²) in [7, 11) is -5.74. The Morgan fingerprint density at radius 1 is 0.281 bits per heavy atom. The molecule has 0 saturated heterocycles. The van der Waals surface area contributed by atoms with Gasteiger partial charge in [-0.15, -0.1) is 0 Å². The molecule has 0 aliphatic heterocycles. The third-order valence-electron chi connectivity index (χ3n) is 12.3. The summed E-state index contributed by atoms with van der Waals surface area (Å²) in [5.41, 5.74) is 2.90. The lowest BCUT2D eigenvalue weighted by molar-refractivity contribution is 1.07. The van der Waals surface area contributed by atoms with E-state index in [1.807, 2.05) is 24.3 Å². The van der Waals surface area contributed by atoms with Gasteiger partial charge in [0.25, 0.3) is 0 Å². The highest BCUT2D eigenvalue weighted by molar-refractivity contribution is 7.20. The summed E-state index contributed by atoms with van der Waals surface area (Å²) in [6.45, 7) is 0. The summed E-state index contributed by atoms with van der Waals surface area (Å²) in [5, 5.41) is 20.5. The van der Waals surface area contributed by atoms with Crippen LogP contribution in [0.4, 0.5) is 0 Å². The maximum atomic E-state index is 10.3. The Bertz CT molecular complexity index is 2830. The third-order valence-corrected chi connectivity index (χ3v) is 21.8. The van der Waals surface area contributed by atoms with Crippen LogP contribution in [0.2, 0.25) is 0 Å². The third kappa shape index (κ3) is 7.19. The van der Waals surface area contributed by atoms with Crippen molar-refractivity contribution in [3.63, 3.8) is 0 Å². The van der Waals surface area contributed by atoms with Gasteiger partial charge in [-0.3, -0.25) is 0 Å². The minimum atomic E-state index is -2.87. The maximum Gasteiger partial charge on any atom is 0.179 e. The van der Waals surface area contributed by atoms with Gasteiger partial charge in [0.15, 0.2) is 33.6 Å². The van der Waals surface area contributed by atoms with Crippen LogP contribution >= 0.6 is 0 Å². The SMILES string of the molecule is N#Cc1ccccc1-c1nc(-c2cccc([Si](c3ccccc3)(c3ccccc3)c3ccccc3)c2)nc(-c2cccc([Si](c3ccccc3)(c3ccccc3)c3ccccc3)c2)n1. The second-order valence-corrected chi connectivity index (χ2v) is 23.4. The second-order valence-electron chi connectivity index (χ2n) is 15.8. The van der Waals surface area contributed by atoms with Gasteiger partial charge in [0, 0.05) is 16.7 Å². The highest BCUT2D eigenvalue weighted by Gasteiger charge is 2.43. The predicted molar refractivity (Wildman–Crippen MR) is 268 cm³/mol. The van der Waals surface area contributed by atoms with Crippen molar-refractivity contribution in [1.82, 2.24) is 15.0 Å². The minimum Gasteiger partial charge on any atom is -0.208 e. The van der Waals surface area contributed by atoms with Crippen LogP contribution in [0.3, 0.4) is 0 Å². The first-order valence-electron chi connectivity index (χ1n) is 21.5. The van der Waals surface area contributed by atoms with Gasteiger partial charge in [0.2, 0.25) is 0 Å². The van der Waals surface area contributed by atoms with E-state index in [0.29, 0.717) is 28.6 Å². The van der Waals surface area contributed by atoms with E-state index in [4.69, 9.17) is 15.0 Å². The molecule has 4 nitrogen and oxygen atoms in total. The average Bonchev–Trinajstić information content (AvgIpc) is 3.39. The van der Waals surface area contributed by atoms with E-state index in [2.05, 4.69) is 237 Å². The molecule has 0 bridgehead atoms. The average molecular weight is 851 g/mol. The standard InChI is InChI=1S/C58H42N4Si2/c59-43-46-23-19-20-40-55(46)58-61-56(44-24-21-38-53(41-44)63(47-26-7-1-8-27-47,48-28-9-2-10-29-48)49-30-11-3-12-31-49)60-57(62-58)45-25-22-39-54(42-45)64(50-32-13-4-14-33-50,51-34-15-5-16-35-51)52-36-17-6-18-37-52/h1-42H. The van der Waals surface area contributed by atoms with Crippen molar-refractivity contribution < 1.29 is 0 Å². The van der Waals surface area contributed by atoms with Crippen molar-refractivity contribution in [3.8, 4) is 40.2 Å². The monoisotopic (exact) mass is 850 g/mol. The van der Waals surface area contributed by atoms with E-state index in [9.17, 15) is 5.26 Å². The fourth-order valence-corrected chi connectivity index (χ4v) is 19.0. The molecule has 0 unspecified atom stereocenters. The number of rotatable bonds is 11. The topological polar surface area (TPSA) is 62.5 Å². The molecule has 0 radical (unpaired) electrons. The lowest BCUT2D eigenvalue weighted by Crippen LogP contribution is -2.74. The molecule has 10 rings (SSSR count). The van der Waals surface area contributed by atoms with Crippen LogP contribution < -0.4 is 41.5 Å². The zero-order chi connectivity index (χ0) is 43.2. The van der Waals surface area contributed by atoms with Crippen LogP contribution in [0.5, 0.6) is 0 Å². The molecule has 0 saturated carbocycles. The smallest absolute Gasteiger partial charge is 0.179 e. The molecule has 10 aromatic rings. The quantitative estimate of drug-likeness (QED) is 0.100. The number of hydrogen-bond donors (Lipinski definition) is 0. The van der Waals surface area contributed by atoms with Crippen molar-refractivity contribution in [2.75, 3.05) is 0 Å². The molecule has 0 aliphatic carbocycles. The van der Waals surface area contributed by atoms with Crippen molar-refractivity contribution in [2.24, 2.45) is 0 Å². The van der Waals surface area contributed by atoms with Gasteiger partial charge in [-0.25, -0.2) is 15.0 Å². The summed E-state index contributed by atoms with van der Waals surface area (Å²) in [6, 6.07) is 93.0. The van der Waals surface area contributed by atoms with E-state index in [1.165, 1.54) is 41.5 Å². The van der Waals surface area contributed by atoms with E-state index in [-0.39, 0.29) is 0 Å². The van der Waals surface area contributed by atoms with E-state index < -0.39 is 16.1 Å². The van der Waals surface area contributed by atoms with Crippen molar-refractivity contribution in [2.45, 2.75) is 0 Å². The van der Waals surface area contributed by atoms with Gasteiger partial charge in [0.1, 0.15) is 0 Å². The van der Waals surface area contributed by atoms with Gasteiger partial charge < -0.3 is 0 Å². The molecule has 0 spiro atoms. The fourth-order valence-electron chi connectivity index (χ4n) is 9.44. The first-order chi connectivity index (χ1) is 31.7. The zero-order valence-electron chi connectivity index (χ0n) is 35.0. The summed E-state index contributed by atoms with van der Waals surface area (Å²) in [5.74, 6) is 1.52. The van der Waals surface area contributed by atoms with Crippen LogP contribution in [0, 0.1) is 11.3 Å². The summed E-state index contributed by atoms with van der Waals surface area (Å²) in [6.07, 6.45) is 0. The first-order valence-corrected chi connectivity index (χ1v) is 25.5. The van der Waals surface area contributed by atoms with Gasteiger partial charge in [-0.1, -0.05) is 243 Å². The van der Waals surface area contributed by atoms with Gasteiger partial charge >= 0.3 is 0 Å². The fraction of sp³-hybridized carbons (Fsp3) is 0. The van der Waals surface area contributed by atoms with Crippen LogP contribution in [-0.4, -0.2) is 31.1 Å². The van der Waals surface area contributed by atoms with E-state index in [0.717, 1.165) is 11.1 Å². The highest BCUT2D eigenvalue weighted by atomic mass is 28.3. The normalized spacial score (nSPS) is 11.4. The molecule has 0 fully saturated rings. The highest BCUT2D eigenvalue weighted by Crippen LogP contribution is 2.27. The van der Waals surface area contributed by atoms with Crippen LogP contribution in [-0.2, 0) is 0 Å². The second kappa shape index (κ2) is 17.7. The Hall–Kier alpha value is -8.09. The molecular formula is C58H42N4Si2. The molecule has 6 heteroatoms. The van der Waals surface area contributed by atoms with Gasteiger partial charge in [-0.05, 0) is 53.6 Å². The maximum absolute atomic E-state index is 10.3. The Kier molecular flexibility index (Phi) is 11.1. The molecule has 0 N–H and O–H groups in total. The number of nitriles is 1. The minimum absolute atomic E-state index is 0.448. The van der Waals surface area contributed by atoms with Crippen LogP contribution in [0.1, 0.15) is 5.56 Å². The van der Waals surface area contributed by atoms with Crippen LogP contribution in [0.25, 0.3) is 34.2 Å². The lowest BCUT2D eigenvalue weighted by Gasteiger charge is -2.34. The molecule has 1 heterocycles. The number of aromatic nitrogens is 3. The molecular weight excluding hydrogens is 809 g/mol. The predicted octanol–water partition coefficient (Wildman–Crippen LogP) is 7.50. The van der Waals surface area contributed by atoms with E-state index >= 15 is 0 Å². The Balaban J connectivity index is 1.22. The molecule has 0 amide bonds. The van der Waals surface area contributed by atoms with E-state index in [1.54, 1.807) is 0 Å². The van der Waals surface area contributed by atoms with Crippen molar-refractivity contribution in [3.05, 3.63) is 260 Å². The molecule has 0 aliphatic rings. The molecule has 0 atom stereocenters. The molecule has 64 heavy (non-hydrogen) atoms. The largest absolute Gasteiger partial charge is 0.208 e. The molecule has 302 valence electrons. The molecule has 1 aromatic heterocycles. The summed E-state index contributed by atoms with van der Waals surface area (Å²) >= 11 is 0. The van der Waals surface area contributed by atoms with Gasteiger partial charge in [0.05, 0.1) is 11.6 Å². The van der Waals surface area contributed by atoms with Crippen molar-refractivity contribution >= 4 is 57.6 Å². The van der Waals surface area contributed by atoms with Crippen molar-refractivity contribution in [1.29, 1.82) is 5.26 Å². The van der Waals surface area contributed by atoms with Crippen LogP contribution in [0.15, 0.2) is 255 Å². The first kappa shape index (κ1) is 40.0. The summed E-state index contributed by atoms with van der Waals surface area (Å²) < 4.78 is 0. The lowest BCUT2D eigenvalue weighted by atomic mass is 10.1. The zero-order valence-corrected chi connectivity index (χ0v) is 37.0. The number of nitrogens with zero attached hydrogens (tertiary/aromatic N) is 4. The Morgan fingerprint density at radius 2 is 0.562 bits per heavy atom. The summed E-state index contributed by atoms with van der Waals surface area (Å²) in [4.78, 5) is 15.8. The number of hydrogen-bond acceptors (Lipinski definition) is 4. The molecule has 9 aromatic carbocycles. The van der Waals surface area contributed by atoms with Gasteiger partial charge in [-0.2, -0.15) is 5.26 Å².